The molecule has 0 saturated carbocycles. The summed E-state index contributed by atoms with van der Waals surface area (Å²) in [6.45, 7) is 1.78. The van der Waals surface area contributed by atoms with Gasteiger partial charge in [-0.3, -0.25) is 14.8 Å². The Bertz CT molecular complexity index is 1230. The number of halogens is 1. The molecule has 3 aromatic heterocycles. The highest BCUT2D eigenvalue weighted by Gasteiger charge is 2.25. The van der Waals surface area contributed by atoms with Gasteiger partial charge < -0.3 is 15.5 Å². The Hall–Kier alpha value is -2.98. The van der Waals surface area contributed by atoms with E-state index in [0.717, 1.165) is 35.9 Å². The maximum atomic E-state index is 13.0. The van der Waals surface area contributed by atoms with Crippen LogP contribution in [-0.2, 0) is 0 Å². The molecule has 4 N–H and O–H groups in total. The van der Waals surface area contributed by atoms with E-state index in [0.29, 0.717) is 16.5 Å². The summed E-state index contributed by atoms with van der Waals surface area (Å²) < 4.78 is 8.38. The lowest BCUT2D eigenvalue weighted by molar-refractivity contribution is 0.101. The van der Waals surface area contributed by atoms with E-state index in [1.807, 2.05) is 16.8 Å². The second-order valence-electron chi connectivity index (χ2n) is 6.97. The summed E-state index contributed by atoms with van der Waals surface area (Å²) in [5.41, 5.74) is 8.32. The molecule has 5 rings (SSSR count). The molecule has 29 heavy (non-hydrogen) atoms. The second-order valence-corrected chi connectivity index (χ2v) is 7.88. The van der Waals surface area contributed by atoms with E-state index >= 15 is 0 Å². The molecule has 1 amide bonds. The van der Waals surface area contributed by atoms with Crippen LogP contribution in [0.2, 0.25) is 0 Å². The minimum absolute atomic E-state index is 0.104. The number of oxazole rings is 1. The molecule has 148 valence electrons. The van der Waals surface area contributed by atoms with Crippen LogP contribution in [0.5, 0.6) is 0 Å². The van der Waals surface area contributed by atoms with Crippen molar-refractivity contribution in [2.45, 2.75) is 18.9 Å². The summed E-state index contributed by atoms with van der Waals surface area (Å²) in [5.74, 6) is -0.174. The van der Waals surface area contributed by atoms with Gasteiger partial charge in [-0.1, -0.05) is 15.9 Å². The zero-order valence-corrected chi connectivity index (χ0v) is 16.9. The molecule has 0 bridgehead atoms. The minimum atomic E-state index is -0.442. The van der Waals surface area contributed by atoms with Crippen molar-refractivity contribution in [3.05, 3.63) is 40.6 Å². The second kappa shape index (κ2) is 7.12. The van der Waals surface area contributed by atoms with E-state index < -0.39 is 5.91 Å². The van der Waals surface area contributed by atoms with Crippen molar-refractivity contribution < 1.29 is 9.21 Å². The van der Waals surface area contributed by atoms with Gasteiger partial charge in [-0.2, -0.15) is 10.1 Å². The summed E-state index contributed by atoms with van der Waals surface area (Å²) in [6.07, 6.45) is 3.66. The number of hydrogen-bond acceptors (Lipinski definition) is 7. The van der Waals surface area contributed by atoms with E-state index in [4.69, 9.17) is 10.2 Å². The zero-order chi connectivity index (χ0) is 20.0. The van der Waals surface area contributed by atoms with E-state index in [1.165, 1.54) is 0 Å². The summed E-state index contributed by atoms with van der Waals surface area (Å²) in [6, 6.07) is 7.54. The molecule has 1 unspecified atom stereocenters. The first-order valence-corrected chi connectivity index (χ1v) is 10.1. The number of anilines is 2. The molecule has 9 nitrogen and oxygen atoms in total. The molecule has 1 aliphatic heterocycles. The summed E-state index contributed by atoms with van der Waals surface area (Å²) in [7, 11) is 0. The number of carbonyl (C=O) groups is 1. The molecule has 1 atom stereocenters. The van der Waals surface area contributed by atoms with Gasteiger partial charge in [-0.05, 0) is 43.7 Å². The largest absolute Gasteiger partial charge is 0.423 e. The first-order chi connectivity index (χ1) is 14.1. The van der Waals surface area contributed by atoms with Gasteiger partial charge in [-0.15, -0.1) is 0 Å². The number of aromatic nitrogens is 4. The lowest BCUT2D eigenvalue weighted by Gasteiger charge is -2.23. The van der Waals surface area contributed by atoms with E-state index in [1.54, 1.807) is 18.3 Å². The molecule has 0 radical (unpaired) electrons. The van der Waals surface area contributed by atoms with E-state index in [-0.39, 0.29) is 23.6 Å². The van der Waals surface area contributed by atoms with E-state index in [9.17, 15) is 4.79 Å². The van der Waals surface area contributed by atoms with Crippen molar-refractivity contribution in [3.63, 3.8) is 0 Å². The highest BCUT2D eigenvalue weighted by Crippen LogP contribution is 2.29. The Morgan fingerprint density at radius 3 is 3.10 bits per heavy atom. The van der Waals surface area contributed by atoms with Gasteiger partial charge in [0.05, 0.1) is 16.9 Å². The standard InChI is InChI=1S/C19H18BrN7O2/c20-10-3-4-12-14(8-10)29-19(24-12)25-18(28)16-15-13(5-7-23-17(15)21)27(26-16)11-2-1-6-22-9-11/h3-5,7-8,11,22H,1-2,6,9H2,(H2,21,23)(H,24,25,28). The molecule has 1 aliphatic rings. The van der Waals surface area contributed by atoms with Gasteiger partial charge in [0.1, 0.15) is 11.3 Å². The quantitative estimate of drug-likeness (QED) is 0.433. The first kappa shape index (κ1) is 18.1. The number of rotatable bonds is 3. The molecule has 10 heteroatoms. The van der Waals surface area contributed by atoms with Crippen LogP contribution in [0.4, 0.5) is 11.8 Å². The van der Waals surface area contributed by atoms with Crippen LogP contribution in [0.15, 0.2) is 39.4 Å². The molecule has 1 fully saturated rings. The average Bonchev–Trinajstić information content (AvgIpc) is 3.30. The summed E-state index contributed by atoms with van der Waals surface area (Å²) in [5, 5.41) is 11.2. The average molecular weight is 456 g/mol. The number of hydrogen-bond donors (Lipinski definition) is 3. The number of benzene rings is 1. The van der Waals surface area contributed by atoms with Crippen molar-refractivity contribution >= 4 is 55.7 Å². The number of nitrogen functional groups attached to an aromatic ring is 1. The van der Waals surface area contributed by atoms with Gasteiger partial charge in [-0.25, -0.2) is 4.98 Å². The maximum absolute atomic E-state index is 13.0. The van der Waals surface area contributed by atoms with Crippen molar-refractivity contribution in [3.8, 4) is 0 Å². The summed E-state index contributed by atoms with van der Waals surface area (Å²) in [4.78, 5) is 21.5. The predicted molar refractivity (Wildman–Crippen MR) is 113 cm³/mol. The molecule has 1 aromatic carbocycles. The Labute approximate surface area is 173 Å². The number of piperidine rings is 1. The molecular weight excluding hydrogens is 438 g/mol. The smallest absolute Gasteiger partial charge is 0.302 e. The zero-order valence-electron chi connectivity index (χ0n) is 15.4. The number of amides is 1. The Morgan fingerprint density at radius 2 is 2.28 bits per heavy atom. The molecule has 0 aliphatic carbocycles. The number of pyridine rings is 1. The van der Waals surface area contributed by atoms with Crippen LogP contribution >= 0.6 is 15.9 Å². The summed E-state index contributed by atoms with van der Waals surface area (Å²) >= 11 is 3.39. The van der Waals surface area contributed by atoms with Crippen LogP contribution in [-0.4, -0.2) is 38.7 Å². The number of nitrogens with zero attached hydrogens (tertiary/aromatic N) is 4. The Balaban J connectivity index is 1.53. The monoisotopic (exact) mass is 455 g/mol. The van der Waals surface area contributed by atoms with Crippen LogP contribution in [0.25, 0.3) is 22.0 Å². The third-order valence-corrected chi connectivity index (χ3v) is 5.55. The fraction of sp³-hybridized carbons (Fsp3) is 0.263. The first-order valence-electron chi connectivity index (χ1n) is 9.31. The van der Waals surface area contributed by atoms with Crippen molar-refractivity contribution in [2.24, 2.45) is 0 Å². The highest BCUT2D eigenvalue weighted by molar-refractivity contribution is 9.10. The van der Waals surface area contributed by atoms with Gasteiger partial charge in [0, 0.05) is 17.2 Å². The lowest BCUT2D eigenvalue weighted by Crippen LogP contribution is -2.32. The topological polar surface area (TPSA) is 124 Å². The fourth-order valence-electron chi connectivity index (χ4n) is 3.70. The molecule has 4 heterocycles. The third-order valence-electron chi connectivity index (χ3n) is 5.05. The Morgan fingerprint density at radius 1 is 1.38 bits per heavy atom. The number of nitrogens with one attached hydrogen (secondary N) is 2. The highest BCUT2D eigenvalue weighted by atomic mass is 79.9. The SMILES string of the molecule is Nc1nccc2c1c(C(=O)Nc1nc3ccc(Br)cc3o1)nn2C1CCCNC1. The molecule has 1 saturated heterocycles. The Kier molecular flexibility index (Phi) is 4.44. The van der Waals surface area contributed by atoms with Crippen LogP contribution < -0.4 is 16.4 Å². The number of carbonyl (C=O) groups excluding carboxylic acids is 1. The van der Waals surface area contributed by atoms with Gasteiger partial charge in [0.15, 0.2) is 11.3 Å². The fourth-order valence-corrected chi connectivity index (χ4v) is 4.04. The number of nitrogens with two attached hydrogens (primary N) is 1. The van der Waals surface area contributed by atoms with Crippen LogP contribution in [0.1, 0.15) is 29.4 Å². The van der Waals surface area contributed by atoms with Gasteiger partial charge in [0.25, 0.3) is 5.91 Å². The van der Waals surface area contributed by atoms with Crippen molar-refractivity contribution in [1.29, 1.82) is 0 Å². The third kappa shape index (κ3) is 3.23. The predicted octanol–water partition coefficient (Wildman–Crippen LogP) is 3.09. The lowest BCUT2D eigenvalue weighted by atomic mass is 10.1. The molecular formula is C19H18BrN7O2. The normalized spacial score (nSPS) is 17.1. The van der Waals surface area contributed by atoms with Gasteiger partial charge >= 0.3 is 6.01 Å². The van der Waals surface area contributed by atoms with Crippen LogP contribution in [0, 0.1) is 0 Å². The minimum Gasteiger partial charge on any atom is -0.423 e. The van der Waals surface area contributed by atoms with Crippen LogP contribution in [0.3, 0.4) is 0 Å². The van der Waals surface area contributed by atoms with Crippen molar-refractivity contribution in [2.75, 3.05) is 24.1 Å². The molecule has 4 aromatic rings. The number of fused-ring (bicyclic) bond motifs is 2. The maximum Gasteiger partial charge on any atom is 0.302 e. The molecule has 0 spiro atoms. The van der Waals surface area contributed by atoms with Crippen molar-refractivity contribution in [1.82, 2.24) is 25.1 Å². The van der Waals surface area contributed by atoms with Gasteiger partial charge in [0.2, 0.25) is 0 Å². The van der Waals surface area contributed by atoms with E-state index in [2.05, 4.69) is 41.6 Å².